The molecular weight excluding hydrogens is 250 g/mol. The molecule has 0 aromatic heterocycles. The van der Waals surface area contributed by atoms with Crippen LogP contribution in [0.15, 0.2) is 24.3 Å². The van der Waals surface area contributed by atoms with E-state index in [9.17, 15) is 4.79 Å². The van der Waals surface area contributed by atoms with Gasteiger partial charge < -0.3 is 9.64 Å². The molecule has 0 N–H and O–H groups in total. The number of methoxy groups -OCH3 is 1. The predicted molar refractivity (Wildman–Crippen MR) is 71.6 cm³/mol. The Bertz CT molecular complexity index is 432. The van der Waals surface area contributed by atoms with Crippen LogP contribution in [0.3, 0.4) is 0 Å². The van der Waals surface area contributed by atoms with Gasteiger partial charge in [-0.3, -0.25) is 4.79 Å². The molecule has 0 spiro atoms. The van der Waals surface area contributed by atoms with Gasteiger partial charge in [0.1, 0.15) is 6.61 Å². The summed E-state index contributed by atoms with van der Waals surface area (Å²) in [6, 6.07) is 8.02. The zero-order chi connectivity index (χ0) is 13.1. The highest BCUT2D eigenvalue weighted by Crippen LogP contribution is 2.36. The smallest absolute Gasteiger partial charge is 0.249 e. The molecule has 4 heteroatoms. The molecule has 0 heterocycles. The highest BCUT2D eigenvalue weighted by Gasteiger charge is 2.36. The third kappa shape index (κ3) is 2.85. The van der Waals surface area contributed by atoms with E-state index >= 15 is 0 Å². The topological polar surface area (TPSA) is 29.5 Å². The van der Waals surface area contributed by atoms with Crippen molar-refractivity contribution in [3.05, 3.63) is 34.9 Å². The number of rotatable bonds is 5. The van der Waals surface area contributed by atoms with Gasteiger partial charge in [-0.2, -0.15) is 0 Å². The predicted octanol–water partition coefficient (Wildman–Crippen LogP) is 3.04. The van der Waals surface area contributed by atoms with Gasteiger partial charge in [0.2, 0.25) is 5.91 Å². The molecular formula is C14H18ClNO2. The maximum absolute atomic E-state index is 12.1. The van der Waals surface area contributed by atoms with Crippen LogP contribution in [0.1, 0.15) is 31.4 Å². The zero-order valence-electron chi connectivity index (χ0n) is 10.7. The fraction of sp³-hybridized carbons (Fsp3) is 0.500. The van der Waals surface area contributed by atoms with Crippen molar-refractivity contribution in [1.29, 1.82) is 0 Å². The Morgan fingerprint density at radius 1 is 1.50 bits per heavy atom. The van der Waals surface area contributed by atoms with E-state index in [1.54, 1.807) is 7.11 Å². The summed E-state index contributed by atoms with van der Waals surface area (Å²) >= 11 is 6.20. The van der Waals surface area contributed by atoms with E-state index in [-0.39, 0.29) is 18.6 Å². The van der Waals surface area contributed by atoms with Crippen molar-refractivity contribution in [3.8, 4) is 0 Å². The molecule has 3 nitrogen and oxygen atoms in total. The lowest BCUT2D eigenvalue weighted by Crippen LogP contribution is -2.37. The summed E-state index contributed by atoms with van der Waals surface area (Å²) in [7, 11) is 1.54. The molecule has 1 aromatic rings. The summed E-state index contributed by atoms with van der Waals surface area (Å²) in [6.45, 7) is 2.15. The minimum absolute atomic E-state index is 0.00569. The largest absolute Gasteiger partial charge is 0.375 e. The maximum atomic E-state index is 12.1. The number of carbonyl (C=O) groups is 1. The van der Waals surface area contributed by atoms with Crippen LogP contribution in [0.2, 0.25) is 5.02 Å². The van der Waals surface area contributed by atoms with E-state index in [4.69, 9.17) is 16.3 Å². The lowest BCUT2D eigenvalue weighted by Gasteiger charge is -2.30. The minimum Gasteiger partial charge on any atom is -0.375 e. The van der Waals surface area contributed by atoms with Gasteiger partial charge in [-0.05, 0) is 31.4 Å². The number of hydrogen-bond acceptors (Lipinski definition) is 2. The van der Waals surface area contributed by atoms with E-state index in [0.29, 0.717) is 11.1 Å². The van der Waals surface area contributed by atoms with Gasteiger partial charge in [0.15, 0.2) is 0 Å². The molecule has 1 aliphatic carbocycles. The first kappa shape index (κ1) is 13.4. The van der Waals surface area contributed by atoms with Crippen LogP contribution in [0.25, 0.3) is 0 Å². The van der Waals surface area contributed by atoms with Crippen LogP contribution in [0.4, 0.5) is 0 Å². The van der Waals surface area contributed by atoms with E-state index in [2.05, 4.69) is 0 Å². The van der Waals surface area contributed by atoms with Crippen molar-refractivity contribution in [2.45, 2.75) is 31.8 Å². The van der Waals surface area contributed by atoms with Crippen molar-refractivity contribution in [3.63, 3.8) is 0 Å². The number of carbonyl (C=O) groups excluding carboxylic acids is 1. The van der Waals surface area contributed by atoms with Gasteiger partial charge in [-0.1, -0.05) is 29.8 Å². The van der Waals surface area contributed by atoms with Crippen molar-refractivity contribution in [1.82, 2.24) is 4.90 Å². The number of nitrogens with zero attached hydrogens (tertiary/aromatic N) is 1. The van der Waals surface area contributed by atoms with E-state index in [1.165, 1.54) is 0 Å². The molecule has 1 aliphatic rings. The molecule has 0 aliphatic heterocycles. The first-order valence-electron chi connectivity index (χ1n) is 6.19. The summed E-state index contributed by atoms with van der Waals surface area (Å²) < 4.78 is 4.95. The Morgan fingerprint density at radius 3 is 2.72 bits per heavy atom. The van der Waals surface area contributed by atoms with Crippen molar-refractivity contribution in [2.24, 2.45) is 0 Å². The van der Waals surface area contributed by atoms with Gasteiger partial charge in [-0.25, -0.2) is 0 Å². The molecule has 1 aromatic carbocycles. The molecule has 0 bridgehead atoms. The number of benzene rings is 1. The SMILES string of the molecule is COCC(=O)N(C1CC1)C(C)c1ccccc1Cl. The summed E-state index contributed by atoms with van der Waals surface area (Å²) in [5, 5.41) is 0.709. The van der Waals surface area contributed by atoms with E-state index in [0.717, 1.165) is 18.4 Å². The van der Waals surface area contributed by atoms with Gasteiger partial charge in [0.05, 0.1) is 6.04 Å². The first-order valence-corrected chi connectivity index (χ1v) is 6.57. The van der Waals surface area contributed by atoms with Crippen LogP contribution in [0.5, 0.6) is 0 Å². The maximum Gasteiger partial charge on any atom is 0.249 e. The summed E-state index contributed by atoms with van der Waals surface area (Å²) in [5.41, 5.74) is 0.996. The van der Waals surface area contributed by atoms with Gasteiger partial charge >= 0.3 is 0 Å². The van der Waals surface area contributed by atoms with Crippen LogP contribution in [-0.4, -0.2) is 30.6 Å². The first-order chi connectivity index (χ1) is 8.65. The molecule has 2 rings (SSSR count). The Kier molecular flexibility index (Phi) is 4.25. The Morgan fingerprint density at radius 2 is 2.17 bits per heavy atom. The molecule has 18 heavy (non-hydrogen) atoms. The summed E-state index contributed by atoms with van der Waals surface area (Å²) in [6.07, 6.45) is 2.15. The van der Waals surface area contributed by atoms with Crippen molar-refractivity contribution >= 4 is 17.5 Å². The fourth-order valence-corrected chi connectivity index (χ4v) is 2.54. The van der Waals surface area contributed by atoms with Gasteiger partial charge in [0, 0.05) is 18.2 Å². The molecule has 1 atom stereocenters. The third-order valence-electron chi connectivity index (χ3n) is 3.27. The lowest BCUT2D eigenvalue weighted by atomic mass is 10.1. The minimum atomic E-state index is -0.00569. The van der Waals surface area contributed by atoms with E-state index < -0.39 is 0 Å². The lowest BCUT2D eigenvalue weighted by molar-refractivity contribution is -0.138. The molecule has 1 amide bonds. The van der Waals surface area contributed by atoms with Crippen LogP contribution in [-0.2, 0) is 9.53 Å². The zero-order valence-corrected chi connectivity index (χ0v) is 11.5. The van der Waals surface area contributed by atoms with Crippen molar-refractivity contribution in [2.75, 3.05) is 13.7 Å². The second kappa shape index (κ2) is 5.72. The average molecular weight is 268 g/mol. The second-order valence-corrected chi connectivity index (χ2v) is 5.07. The van der Waals surface area contributed by atoms with E-state index in [1.807, 2.05) is 36.1 Å². The van der Waals surface area contributed by atoms with Crippen LogP contribution >= 0.6 is 11.6 Å². The second-order valence-electron chi connectivity index (χ2n) is 4.66. The fourth-order valence-electron chi connectivity index (χ4n) is 2.25. The summed E-state index contributed by atoms with van der Waals surface area (Å²) in [5.74, 6) is 0.0346. The monoisotopic (exact) mass is 267 g/mol. The number of amides is 1. The highest BCUT2D eigenvalue weighted by molar-refractivity contribution is 6.31. The molecule has 0 radical (unpaired) electrons. The van der Waals surface area contributed by atoms with Gasteiger partial charge in [-0.15, -0.1) is 0 Å². The van der Waals surface area contributed by atoms with Gasteiger partial charge in [0.25, 0.3) is 0 Å². The van der Waals surface area contributed by atoms with Crippen LogP contribution in [0, 0.1) is 0 Å². The Labute approximate surface area is 113 Å². The summed E-state index contributed by atoms with van der Waals surface area (Å²) in [4.78, 5) is 14.0. The standard InChI is InChI=1S/C14H18ClNO2/c1-10(12-5-3-4-6-13(12)15)16(11-7-8-11)14(17)9-18-2/h3-6,10-11H,7-9H2,1-2H3. The quantitative estimate of drug-likeness (QED) is 0.821. The Hall–Kier alpha value is -1.06. The molecule has 0 saturated heterocycles. The highest BCUT2D eigenvalue weighted by atomic mass is 35.5. The molecule has 1 unspecified atom stereocenters. The molecule has 1 saturated carbocycles. The average Bonchev–Trinajstić information content (AvgIpc) is 3.14. The normalized spacial score (nSPS) is 16.4. The number of ether oxygens (including phenoxy) is 1. The molecule has 98 valence electrons. The third-order valence-corrected chi connectivity index (χ3v) is 3.61. The number of hydrogen-bond donors (Lipinski definition) is 0. The van der Waals surface area contributed by atoms with Crippen molar-refractivity contribution < 1.29 is 9.53 Å². The number of halogens is 1. The molecule has 1 fully saturated rings. The van der Waals surface area contributed by atoms with Crippen LogP contribution < -0.4 is 0 Å². The Balaban J connectivity index is 2.21.